The zero-order valence-corrected chi connectivity index (χ0v) is 10.7. The first-order valence-electron chi connectivity index (χ1n) is 6.17. The molecule has 2 saturated heterocycles. The van der Waals surface area contributed by atoms with Crippen LogP contribution in [0.5, 0.6) is 0 Å². The number of fused-ring (bicyclic) bond motifs is 1. The van der Waals surface area contributed by atoms with Crippen LogP contribution in [0, 0.1) is 0 Å². The average molecular weight is 226 g/mol. The minimum Gasteiger partial charge on any atom is -0.444 e. The Morgan fingerprint density at radius 3 is 2.50 bits per heavy atom. The van der Waals surface area contributed by atoms with Crippen LogP contribution in [0.15, 0.2) is 0 Å². The van der Waals surface area contributed by atoms with Gasteiger partial charge in [-0.15, -0.1) is 0 Å². The summed E-state index contributed by atoms with van der Waals surface area (Å²) in [5, 5.41) is 0. The van der Waals surface area contributed by atoms with Crippen molar-refractivity contribution < 1.29 is 9.53 Å². The largest absolute Gasteiger partial charge is 0.444 e. The summed E-state index contributed by atoms with van der Waals surface area (Å²) >= 11 is 0. The maximum Gasteiger partial charge on any atom is 0.411 e. The van der Waals surface area contributed by atoms with Crippen LogP contribution in [-0.4, -0.2) is 46.8 Å². The molecule has 0 aromatic heterocycles. The van der Waals surface area contributed by atoms with E-state index < -0.39 is 5.60 Å². The zero-order valence-electron chi connectivity index (χ0n) is 10.7. The Balaban J connectivity index is 1.96. The van der Waals surface area contributed by atoms with Crippen LogP contribution in [-0.2, 0) is 4.74 Å². The molecule has 2 aliphatic rings. The third kappa shape index (κ3) is 2.32. The van der Waals surface area contributed by atoms with E-state index in [9.17, 15) is 4.79 Å². The average Bonchev–Trinajstić information content (AvgIpc) is 2.80. The zero-order chi connectivity index (χ0) is 11.9. The summed E-state index contributed by atoms with van der Waals surface area (Å²) in [5.41, 5.74) is -0.401. The number of carbonyl (C=O) groups is 1. The van der Waals surface area contributed by atoms with Crippen molar-refractivity contribution in [2.45, 2.75) is 58.3 Å². The standard InChI is InChI=1S/C12H22N2O2/c1-5-13(11(15)16-12(2,3)4)10-7-6-9-8-14(9)10/h9-10H,5-8H2,1-4H3. The summed E-state index contributed by atoms with van der Waals surface area (Å²) in [6, 6.07) is 0.737. The molecular formula is C12H22N2O2. The van der Waals surface area contributed by atoms with Crippen molar-refractivity contribution in [2.24, 2.45) is 0 Å². The fourth-order valence-electron chi connectivity index (χ4n) is 2.44. The van der Waals surface area contributed by atoms with Gasteiger partial charge in [-0.25, -0.2) is 4.79 Å². The van der Waals surface area contributed by atoms with Crippen LogP contribution in [0.2, 0.25) is 0 Å². The molecule has 16 heavy (non-hydrogen) atoms. The van der Waals surface area contributed by atoms with E-state index in [-0.39, 0.29) is 12.3 Å². The number of piperidine rings is 1. The van der Waals surface area contributed by atoms with Crippen molar-refractivity contribution in [1.29, 1.82) is 0 Å². The molecule has 0 spiro atoms. The first-order chi connectivity index (χ1) is 7.42. The molecule has 0 aromatic carbocycles. The molecule has 4 heteroatoms. The first-order valence-corrected chi connectivity index (χ1v) is 6.17. The predicted molar refractivity (Wildman–Crippen MR) is 62.1 cm³/mol. The Morgan fingerprint density at radius 1 is 1.44 bits per heavy atom. The van der Waals surface area contributed by atoms with E-state index in [0.717, 1.165) is 25.6 Å². The van der Waals surface area contributed by atoms with E-state index in [2.05, 4.69) is 4.90 Å². The van der Waals surface area contributed by atoms with Gasteiger partial charge in [-0.05, 0) is 40.5 Å². The topological polar surface area (TPSA) is 32.6 Å². The predicted octanol–water partition coefficient (Wildman–Crippen LogP) is 2.05. The van der Waals surface area contributed by atoms with Crippen molar-refractivity contribution in [3.05, 3.63) is 0 Å². The monoisotopic (exact) mass is 226 g/mol. The van der Waals surface area contributed by atoms with Gasteiger partial charge in [-0.3, -0.25) is 9.80 Å². The number of hydrogen-bond acceptors (Lipinski definition) is 3. The van der Waals surface area contributed by atoms with Gasteiger partial charge in [-0.2, -0.15) is 0 Å². The van der Waals surface area contributed by atoms with Gasteiger partial charge < -0.3 is 4.74 Å². The third-order valence-electron chi connectivity index (χ3n) is 3.23. The molecule has 92 valence electrons. The molecule has 0 aliphatic carbocycles. The van der Waals surface area contributed by atoms with E-state index in [1.54, 1.807) is 0 Å². The van der Waals surface area contributed by atoms with Crippen molar-refractivity contribution in [3.8, 4) is 0 Å². The Labute approximate surface area is 97.5 Å². The molecule has 2 heterocycles. The molecule has 4 nitrogen and oxygen atoms in total. The highest BCUT2D eigenvalue weighted by Crippen LogP contribution is 2.37. The summed E-state index contributed by atoms with van der Waals surface area (Å²) in [6.45, 7) is 9.63. The van der Waals surface area contributed by atoms with Crippen molar-refractivity contribution in [3.63, 3.8) is 0 Å². The Kier molecular flexibility index (Phi) is 2.86. The van der Waals surface area contributed by atoms with Gasteiger partial charge >= 0.3 is 6.09 Å². The van der Waals surface area contributed by atoms with Gasteiger partial charge in [0.15, 0.2) is 0 Å². The lowest BCUT2D eigenvalue weighted by Gasteiger charge is -2.31. The molecule has 3 atom stereocenters. The van der Waals surface area contributed by atoms with Gasteiger partial charge in [-0.1, -0.05) is 0 Å². The number of rotatable bonds is 2. The van der Waals surface area contributed by atoms with Crippen LogP contribution in [0.3, 0.4) is 0 Å². The Morgan fingerprint density at radius 2 is 2.12 bits per heavy atom. The summed E-state index contributed by atoms with van der Waals surface area (Å²) in [5.74, 6) is 0. The molecule has 2 aliphatic heterocycles. The lowest BCUT2D eigenvalue weighted by molar-refractivity contribution is 0.00799. The molecule has 2 rings (SSSR count). The number of ether oxygens (including phenoxy) is 1. The molecule has 1 amide bonds. The van der Waals surface area contributed by atoms with Gasteiger partial charge in [0.25, 0.3) is 0 Å². The SMILES string of the molecule is CCN(C(=O)OC(C)(C)C)C1CCC2CN21. The number of amides is 1. The molecule has 0 bridgehead atoms. The minimum atomic E-state index is -0.401. The second-order valence-electron chi connectivity index (χ2n) is 5.67. The summed E-state index contributed by atoms with van der Waals surface area (Å²) in [7, 11) is 0. The second-order valence-corrected chi connectivity index (χ2v) is 5.67. The van der Waals surface area contributed by atoms with Gasteiger partial charge in [0.1, 0.15) is 5.60 Å². The van der Waals surface area contributed by atoms with Gasteiger partial charge in [0.2, 0.25) is 0 Å². The normalized spacial score (nSPS) is 32.1. The van der Waals surface area contributed by atoms with Crippen LogP contribution in [0.25, 0.3) is 0 Å². The molecular weight excluding hydrogens is 204 g/mol. The van der Waals surface area contributed by atoms with E-state index in [4.69, 9.17) is 4.74 Å². The van der Waals surface area contributed by atoms with E-state index in [1.807, 2.05) is 32.6 Å². The van der Waals surface area contributed by atoms with Crippen molar-refractivity contribution in [2.75, 3.05) is 13.1 Å². The smallest absolute Gasteiger partial charge is 0.411 e. The molecule has 2 fully saturated rings. The van der Waals surface area contributed by atoms with Crippen LogP contribution < -0.4 is 0 Å². The molecule has 0 saturated carbocycles. The van der Waals surface area contributed by atoms with Gasteiger partial charge in [0, 0.05) is 19.1 Å². The van der Waals surface area contributed by atoms with Crippen molar-refractivity contribution in [1.82, 2.24) is 9.80 Å². The quantitative estimate of drug-likeness (QED) is 0.675. The number of nitrogens with zero attached hydrogens (tertiary/aromatic N) is 2. The molecule has 0 aromatic rings. The highest BCUT2D eigenvalue weighted by atomic mass is 16.6. The fraction of sp³-hybridized carbons (Fsp3) is 0.917. The summed E-state index contributed by atoms with van der Waals surface area (Å²) < 4.78 is 5.43. The lowest BCUT2D eigenvalue weighted by Crippen LogP contribution is -2.45. The number of hydrogen-bond donors (Lipinski definition) is 0. The molecule has 0 radical (unpaired) electrons. The van der Waals surface area contributed by atoms with Crippen LogP contribution >= 0.6 is 0 Å². The first kappa shape index (κ1) is 11.7. The second kappa shape index (κ2) is 3.91. The van der Waals surface area contributed by atoms with Crippen LogP contribution in [0.4, 0.5) is 4.79 Å². The van der Waals surface area contributed by atoms with E-state index in [0.29, 0.717) is 0 Å². The number of carbonyl (C=O) groups excluding carboxylic acids is 1. The highest BCUT2D eigenvalue weighted by Gasteiger charge is 2.48. The van der Waals surface area contributed by atoms with Gasteiger partial charge in [0.05, 0.1) is 6.17 Å². The summed E-state index contributed by atoms with van der Waals surface area (Å²) in [6.07, 6.45) is 2.43. The Bertz CT molecular complexity index is 285. The molecule has 0 N–H and O–H groups in total. The van der Waals surface area contributed by atoms with Crippen molar-refractivity contribution >= 4 is 6.09 Å². The minimum absolute atomic E-state index is 0.174. The third-order valence-corrected chi connectivity index (χ3v) is 3.23. The summed E-state index contributed by atoms with van der Waals surface area (Å²) in [4.78, 5) is 16.3. The van der Waals surface area contributed by atoms with Crippen LogP contribution in [0.1, 0.15) is 40.5 Å². The lowest BCUT2D eigenvalue weighted by atomic mass is 10.2. The van der Waals surface area contributed by atoms with E-state index in [1.165, 1.54) is 6.42 Å². The fourth-order valence-corrected chi connectivity index (χ4v) is 2.44. The Hall–Kier alpha value is -0.770. The molecule has 3 unspecified atom stereocenters. The maximum atomic E-state index is 12.0. The maximum absolute atomic E-state index is 12.0. The van der Waals surface area contributed by atoms with E-state index >= 15 is 0 Å². The highest BCUT2D eigenvalue weighted by molar-refractivity contribution is 5.68.